The Balaban J connectivity index is 2.28. The van der Waals surface area contributed by atoms with Crippen molar-refractivity contribution in [3.63, 3.8) is 0 Å². The van der Waals surface area contributed by atoms with Crippen molar-refractivity contribution in [1.82, 2.24) is 0 Å². The van der Waals surface area contributed by atoms with E-state index >= 15 is 0 Å². The lowest BCUT2D eigenvalue weighted by molar-refractivity contribution is 0.299. The molecular weight excluding hydrogens is 198 g/mol. The van der Waals surface area contributed by atoms with Crippen molar-refractivity contribution in [3.05, 3.63) is 23.8 Å². The molecule has 0 atom stereocenters. The zero-order chi connectivity index (χ0) is 11.7. The van der Waals surface area contributed by atoms with Crippen molar-refractivity contribution in [2.45, 2.75) is 38.7 Å². The smallest absolute Gasteiger partial charge is 0.123 e. The van der Waals surface area contributed by atoms with Gasteiger partial charge in [0.15, 0.2) is 0 Å². The molecule has 0 spiro atoms. The molecule has 1 aliphatic carbocycles. The molecule has 0 heterocycles. The Labute approximate surface area is 98.2 Å². The highest BCUT2D eigenvalue weighted by Gasteiger charge is 2.25. The van der Waals surface area contributed by atoms with E-state index in [9.17, 15) is 0 Å². The second-order valence-corrected chi connectivity index (χ2v) is 5.09. The van der Waals surface area contributed by atoms with E-state index in [0.29, 0.717) is 12.0 Å². The van der Waals surface area contributed by atoms with Crippen LogP contribution >= 0.6 is 0 Å². The lowest BCUT2D eigenvalue weighted by Crippen LogP contribution is -2.10. The van der Waals surface area contributed by atoms with Crippen LogP contribution in [0.1, 0.15) is 38.2 Å². The highest BCUT2D eigenvalue weighted by atomic mass is 16.5. The maximum absolute atomic E-state index is 5.93. The van der Waals surface area contributed by atoms with Crippen LogP contribution < -0.4 is 9.64 Å². The fourth-order valence-corrected chi connectivity index (χ4v) is 1.74. The molecule has 0 amide bonds. The first-order valence-electron chi connectivity index (χ1n) is 6.06. The highest BCUT2D eigenvalue weighted by Crippen LogP contribution is 2.34. The van der Waals surface area contributed by atoms with E-state index in [1.54, 1.807) is 0 Å². The van der Waals surface area contributed by atoms with Gasteiger partial charge >= 0.3 is 0 Å². The molecule has 0 N–H and O–H groups in total. The van der Waals surface area contributed by atoms with Gasteiger partial charge in [0.25, 0.3) is 0 Å². The third-order valence-electron chi connectivity index (χ3n) is 2.95. The van der Waals surface area contributed by atoms with Crippen LogP contribution in [0.25, 0.3) is 0 Å². The number of benzene rings is 1. The average Bonchev–Trinajstić information content (AvgIpc) is 3.01. The molecule has 0 aromatic heterocycles. The quantitative estimate of drug-likeness (QED) is 0.769. The van der Waals surface area contributed by atoms with Crippen LogP contribution in [0.15, 0.2) is 18.2 Å². The minimum atomic E-state index is 0.475. The first-order valence-corrected chi connectivity index (χ1v) is 6.06. The van der Waals surface area contributed by atoms with E-state index in [4.69, 9.17) is 4.74 Å². The van der Waals surface area contributed by atoms with Crippen LogP contribution in [0.5, 0.6) is 5.75 Å². The Morgan fingerprint density at radius 3 is 2.44 bits per heavy atom. The molecule has 88 valence electrons. The summed E-state index contributed by atoms with van der Waals surface area (Å²) in [6.45, 7) is 4.43. The summed E-state index contributed by atoms with van der Waals surface area (Å²) in [5, 5.41) is 0. The maximum atomic E-state index is 5.93. The SMILES string of the molecule is CC(C)c1cc(N(C)C)ccc1OC1CC1. The summed E-state index contributed by atoms with van der Waals surface area (Å²) in [7, 11) is 4.14. The Kier molecular flexibility index (Phi) is 3.08. The van der Waals surface area contributed by atoms with E-state index in [0.717, 1.165) is 5.75 Å². The number of hydrogen-bond acceptors (Lipinski definition) is 2. The molecule has 2 rings (SSSR count). The normalized spacial score (nSPS) is 15.3. The summed E-state index contributed by atoms with van der Waals surface area (Å²) in [4.78, 5) is 2.13. The second-order valence-electron chi connectivity index (χ2n) is 5.09. The number of anilines is 1. The zero-order valence-electron chi connectivity index (χ0n) is 10.7. The fourth-order valence-electron chi connectivity index (χ4n) is 1.74. The van der Waals surface area contributed by atoms with Crippen molar-refractivity contribution >= 4 is 5.69 Å². The topological polar surface area (TPSA) is 12.5 Å². The van der Waals surface area contributed by atoms with Crippen molar-refractivity contribution in [2.75, 3.05) is 19.0 Å². The molecule has 0 radical (unpaired) electrons. The van der Waals surface area contributed by atoms with Crippen molar-refractivity contribution in [1.29, 1.82) is 0 Å². The fraction of sp³-hybridized carbons (Fsp3) is 0.571. The lowest BCUT2D eigenvalue weighted by Gasteiger charge is -2.18. The highest BCUT2D eigenvalue weighted by molar-refractivity contribution is 5.53. The first-order chi connectivity index (χ1) is 7.58. The largest absolute Gasteiger partial charge is 0.490 e. The molecule has 0 saturated heterocycles. The summed E-state index contributed by atoms with van der Waals surface area (Å²) in [6, 6.07) is 6.48. The Hall–Kier alpha value is -1.18. The van der Waals surface area contributed by atoms with Gasteiger partial charge < -0.3 is 9.64 Å². The van der Waals surface area contributed by atoms with Crippen LogP contribution in [-0.2, 0) is 0 Å². The predicted molar refractivity (Wildman–Crippen MR) is 68.5 cm³/mol. The Bertz CT molecular complexity index is 367. The Morgan fingerprint density at radius 2 is 1.94 bits per heavy atom. The minimum absolute atomic E-state index is 0.475. The molecule has 2 heteroatoms. The van der Waals surface area contributed by atoms with E-state index < -0.39 is 0 Å². The van der Waals surface area contributed by atoms with Crippen LogP contribution in [0.3, 0.4) is 0 Å². The van der Waals surface area contributed by atoms with Crippen molar-refractivity contribution < 1.29 is 4.74 Å². The van der Waals surface area contributed by atoms with Gasteiger partial charge in [-0.1, -0.05) is 13.8 Å². The van der Waals surface area contributed by atoms with Crippen LogP contribution in [-0.4, -0.2) is 20.2 Å². The van der Waals surface area contributed by atoms with Crippen LogP contribution in [0.4, 0.5) is 5.69 Å². The molecule has 0 aliphatic heterocycles. The number of nitrogens with zero attached hydrogens (tertiary/aromatic N) is 1. The van der Waals surface area contributed by atoms with Crippen LogP contribution in [0, 0.1) is 0 Å². The Morgan fingerprint density at radius 1 is 1.25 bits per heavy atom. The molecule has 1 fully saturated rings. The molecule has 16 heavy (non-hydrogen) atoms. The molecule has 0 unspecified atom stereocenters. The van der Waals surface area contributed by atoms with Gasteiger partial charge in [0, 0.05) is 19.8 Å². The van der Waals surface area contributed by atoms with Gasteiger partial charge in [-0.25, -0.2) is 0 Å². The van der Waals surface area contributed by atoms with Gasteiger partial charge in [0.05, 0.1) is 6.10 Å². The van der Waals surface area contributed by atoms with Gasteiger partial charge in [0.2, 0.25) is 0 Å². The first kappa shape index (κ1) is 11.3. The molecule has 1 aliphatic rings. The van der Waals surface area contributed by atoms with Crippen molar-refractivity contribution in [2.24, 2.45) is 0 Å². The minimum Gasteiger partial charge on any atom is -0.490 e. The maximum Gasteiger partial charge on any atom is 0.123 e. The predicted octanol–water partition coefficient (Wildman–Crippen LogP) is 3.42. The van der Waals surface area contributed by atoms with E-state index in [-0.39, 0.29) is 0 Å². The zero-order valence-corrected chi connectivity index (χ0v) is 10.7. The summed E-state index contributed by atoms with van der Waals surface area (Å²) in [5.41, 5.74) is 2.56. The third-order valence-corrected chi connectivity index (χ3v) is 2.95. The number of rotatable bonds is 4. The second kappa shape index (κ2) is 4.36. The molecule has 0 bridgehead atoms. The molecule has 1 aromatic rings. The molecule has 2 nitrogen and oxygen atoms in total. The van der Waals surface area contributed by atoms with E-state index in [2.05, 4.69) is 51.0 Å². The molecule has 1 aromatic carbocycles. The van der Waals surface area contributed by atoms with Crippen LogP contribution in [0.2, 0.25) is 0 Å². The molecule has 1 saturated carbocycles. The third kappa shape index (κ3) is 2.49. The van der Waals surface area contributed by atoms with Gasteiger partial charge in [-0.15, -0.1) is 0 Å². The summed E-state index contributed by atoms with van der Waals surface area (Å²) < 4.78 is 5.93. The lowest BCUT2D eigenvalue weighted by atomic mass is 10.0. The van der Waals surface area contributed by atoms with Crippen molar-refractivity contribution in [3.8, 4) is 5.75 Å². The standard InChI is InChI=1S/C14H21NO/c1-10(2)13-9-11(15(3)4)5-8-14(13)16-12-6-7-12/h5,8-10,12H,6-7H2,1-4H3. The molecular formula is C14H21NO. The van der Waals surface area contributed by atoms with Gasteiger partial charge in [0.1, 0.15) is 5.75 Å². The number of hydrogen-bond donors (Lipinski definition) is 0. The van der Waals surface area contributed by atoms with Gasteiger partial charge in [-0.2, -0.15) is 0 Å². The van der Waals surface area contributed by atoms with E-state index in [1.165, 1.54) is 24.1 Å². The summed E-state index contributed by atoms with van der Waals surface area (Å²) in [6.07, 6.45) is 2.91. The van der Waals surface area contributed by atoms with E-state index in [1.807, 2.05) is 0 Å². The summed E-state index contributed by atoms with van der Waals surface area (Å²) >= 11 is 0. The van der Waals surface area contributed by atoms with Gasteiger partial charge in [-0.05, 0) is 42.5 Å². The monoisotopic (exact) mass is 219 g/mol. The van der Waals surface area contributed by atoms with Gasteiger partial charge in [-0.3, -0.25) is 0 Å². The number of ether oxygens (including phenoxy) is 1. The average molecular weight is 219 g/mol. The summed E-state index contributed by atoms with van der Waals surface area (Å²) in [5.74, 6) is 1.58.